The smallest absolute Gasteiger partial charge is 0.277 e. The summed E-state index contributed by atoms with van der Waals surface area (Å²) in [5, 5.41) is 4.46. The lowest BCUT2D eigenvalue weighted by molar-refractivity contribution is 0.223. The lowest BCUT2D eigenvalue weighted by Gasteiger charge is -2.10. The van der Waals surface area contributed by atoms with Gasteiger partial charge in [0.05, 0.1) is 11.8 Å². The van der Waals surface area contributed by atoms with E-state index < -0.39 is 11.6 Å². The van der Waals surface area contributed by atoms with E-state index in [9.17, 15) is 8.78 Å². The van der Waals surface area contributed by atoms with Crippen molar-refractivity contribution >= 4 is 0 Å². The number of halogens is 2. The molecule has 4 rings (SSSR count). The third-order valence-corrected chi connectivity index (χ3v) is 4.52. The maximum Gasteiger partial charge on any atom is 0.277 e. The number of ether oxygens (including phenoxy) is 2. The molecule has 1 aromatic carbocycles. The van der Waals surface area contributed by atoms with Gasteiger partial charge in [0.1, 0.15) is 5.82 Å². The zero-order chi connectivity index (χ0) is 19.8. The molecule has 1 aliphatic rings. The summed E-state index contributed by atoms with van der Waals surface area (Å²) in [7, 11) is 0. The molecule has 0 spiro atoms. The molecule has 28 heavy (non-hydrogen) atoms. The van der Waals surface area contributed by atoms with E-state index in [1.165, 1.54) is 24.5 Å². The van der Waals surface area contributed by atoms with Crippen molar-refractivity contribution in [3.05, 3.63) is 59.4 Å². The molecule has 1 aliphatic carbocycles. The van der Waals surface area contributed by atoms with Gasteiger partial charge in [-0.3, -0.25) is 0 Å². The van der Waals surface area contributed by atoms with Gasteiger partial charge in [-0.05, 0) is 63.3 Å². The van der Waals surface area contributed by atoms with E-state index in [1.807, 2.05) is 32.2 Å². The summed E-state index contributed by atoms with van der Waals surface area (Å²) in [4.78, 5) is 4.51. The fourth-order valence-corrected chi connectivity index (χ4v) is 2.95. The highest BCUT2D eigenvalue weighted by Gasteiger charge is 2.25. The minimum absolute atomic E-state index is 0.102. The van der Waals surface area contributed by atoms with E-state index in [0.717, 1.165) is 12.1 Å². The van der Waals surface area contributed by atoms with Crippen molar-refractivity contribution < 1.29 is 18.3 Å². The molecule has 1 saturated carbocycles. The topological polar surface area (TPSA) is 49.2 Å². The first-order valence-corrected chi connectivity index (χ1v) is 9.28. The molecule has 0 atom stereocenters. The minimum Gasteiger partial charge on any atom is -0.471 e. The summed E-state index contributed by atoms with van der Waals surface area (Å²) >= 11 is 0. The minimum atomic E-state index is -0.797. The van der Waals surface area contributed by atoms with E-state index in [-0.39, 0.29) is 23.5 Å². The zero-order valence-corrected chi connectivity index (χ0v) is 15.9. The van der Waals surface area contributed by atoms with Crippen LogP contribution in [-0.2, 0) is 0 Å². The van der Waals surface area contributed by atoms with Gasteiger partial charge in [0.25, 0.3) is 5.88 Å². The van der Waals surface area contributed by atoms with Crippen molar-refractivity contribution in [2.24, 2.45) is 0 Å². The maximum atomic E-state index is 14.1. The molecule has 3 aromatic rings. The predicted octanol–water partition coefficient (Wildman–Crippen LogP) is 5.31. The van der Waals surface area contributed by atoms with Crippen molar-refractivity contribution in [3.8, 4) is 23.2 Å². The fourth-order valence-electron chi connectivity index (χ4n) is 2.95. The molecule has 0 aliphatic heterocycles. The van der Waals surface area contributed by atoms with Gasteiger partial charge in [0, 0.05) is 12.3 Å². The number of aromatic nitrogens is 3. The summed E-state index contributed by atoms with van der Waals surface area (Å²) in [6.45, 7) is 5.51. The van der Waals surface area contributed by atoms with Crippen molar-refractivity contribution in [2.75, 3.05) is 0 Å². The molecule has 1 fully saturated rings. The lowest BCUT2D eigenvalue weighted by atomic mass is 10.2. The standard InChI is InChI=1S/C21H21F2N3O2/c1-12(2)27-21-20(28-18-8-7-16(22)10-17(18)23)13(3)26(25-21)19-9-6-15(11-24-19)14-4-5-14/h6-12,14H,4-5H2,1-3H3. The SMILES string of the molecule is Cc1c(Oc2ccc(F)cc2F)c(OC(C)C)nn1-c1ccc(C2CC2)cn1. The monoisotopic (exact) mass is 385 g/mol. The molecular weight excluding hydrogens is 364 g/mol. The van der Waals surface area contributed by atoms with Gasteiger partial charge in [-0.2, -0.15) is 0 Å². The van der Waals surface area contributed by atoms with Crippen LogP contribution in [-0.4, -0.2) is 20.9 Å². The molecule has 0 unspecified atom stereocenters. The van der Waals surface area contributed by atoms with E-state index in [2.05, 4.69) is 10.1 Å². The molecule has 5 nitrogen and oxygen atoms in total. The molecule has 2 aromatic heterocycles. The maximum absolute atomic E-state index is 14.1. The number of benzene rings is 1. The van der Waals surface area contributed by atoms with Crippen LogP contribution in [0.5, 0.6) is 17.4 Å². The number of pyridine rings is 1. The van der Waals surface area contributed by atoms with Gasteiger partial charge >= 0.3 is 0 Å². The quantitative estimate of drug-likeness (QED) is 0.577. The second-order valence-corrected chi connectivity index (χ2v) is 7.20. The normalized spacial score (nSPS) is 13.8. The number of rotatable bonds is 6. The van der Waals surface area contributed by atoms with Gasteiger partial charge in [0.15, 0.2) is 17.4 Å². The first kappa shape index (κ1) is 18.4. The number of hydrogen-bond acceptors (Lipinski definition) is 4. The number of nitrogens with zero attached hydrogens (tertiary/aromatic N) is 3. The van der Waals surface area contributed by atoms with Gasteiger partial charge in [-0.25, -0.2) is 18.4 Å². The molecule has 0 N–H and O–H groups in total. The Hall–Kier alpha value is -2.96. The average Bonchev–Trinajstić information content (AvgIpc) is 3.45. The largest absolute Gasteiger partial charge is 0.471 e. The van der Waals surface area contributed by atoms with Crippen LogP contribution in [0, 0.1) is 18.6 Å². The van der Waals surface area contributed by atoms with Gasteiger partial charge in [-0.1, -0.05) is 6.07 Å². The van der Waals surface area contributed by atoms with Crippen LogP contribution in [0.15, 0.2) is 36.5 Å². The van der Waals surface area contributed by atoms with E-state index in [1.54, 1.807) is 11.6 Å². The molecule has 0 bridgehead atoms. The third kappa shape index (κ3) is 3.69. The summed E-state index contributed by atoms with van der Waals surface area (Å²) < 4.78 is 40.3. The Labute approximate surface area is 161 Å². The van der Waals surface area contributed by atoms with Crippen LogP contribution in [0.25, 0.3) is 5.82 Å². The molecule has 0 saturated heterocycles. The predicted molar refractivity (Wildman–Crippen MR) is 100 cm³/mol. The van der Waals surface area contributed by atoms with Crippen LogP contribution in [0.3, 0.4) is 0 Å². The van der Waals surface area contributed by atoms with E-state index >= 15 is 0 Å². The molecular formula is C21H21F2N3O2. The Morgan fingerprint density at radius 2 is 1.93 bits per heavy atom. The van der Waals surface area contributed by atoms with Gasteiger partial charge in [0.2, 0.25) is 5.75 Å². The molecule has 2 heterocycles. The molecule has 0 amide bonds. The molecule has 0 radical (unpaired) electrons. The van der Waals surface area contributed by atoms with Gasteiger partial charge in [-0.15, -0.1) is 5.10 Å². The average molecular weight is 385 g/mol. The Bertz CT molecular complexity index is 996. The van der Waals surface area contributed by atoms with Crippen LogP contribution in [0.1, 0.15) is 43.9 Å². The van der Waals surface area contributed by atoms with Gasteiger partial charge < -0.3 is 9.47 Å². The molecule has 146 valence electrons. The highest BCUT2D eigenvalue weighted by molar-refractivity contribution is 5.45. The van der Waals surface area contributed by atoms with Crippen LogP contribution in [0.4, 0.5) is 8.78 Å². The van der Waals surface area contributed by atoms with Crippen LogP contribution < -0.4 is 9.47 Å². The van der Waals surface area contributed by atoms with Crippen LogP contribution in [0.2, 0.25) is 0 Å². The van der Waals surface area contributed by atoms with Crippen molar-refractivity contribution in [3.63, 3.8) is 0 Å². The Morgan fingerprint density at radius 1 is 1.14 bits per heavy atom. The summed E-state index contributed by atoms with van der Waals surface area (Å²) in [6.07, 6.45) is 4.11. The van der Waals surface area contributed by atoms with Crippen molar-refractivity contribution in [1.29, 1.82) is 0 Å². The highest BCUT2D eigenvalue weighted by atomic mass is 19.1. The van der Waals surface area contributed by atoms with Crippen LogP contribution >= 0.6 is 0 Å². The second-order valence-electron chi connectivity index (χ2n) is 7.20. The Morgan fingerprint density at radius 3 is 2.54 bits per heavy atom. The lowest BCUT2D eigenvalue weighted by Crippen LogP contribution is -2.07. The first-order valence-electron chi connectivity index (χ1n) is 9.28. The first-order chi connectivity index (χ1) is 13.4. The summed E-state index contributed by atoms with van der Waals surface area (Å²) in [5.41, 5.74) is 1.82. The fraction of sp³-hybridized carbons (Fsp3) is 0.333. The second kappa shape index (κ2) is 7.22. The summed E-state index contributed by atoms with van der Waals surface area (Å²) in [5.74, 6) is 0.155. The van der Waals surface area contributed by atoms with E-state index in [4.69, 9.17) is 9.47 Å². The highest BCUT2D eigenvalue weighted by Crippen LogP contribution is 2.40. The van der Waals surface area contributed by atoms with Crippen molar-refractivity contribution in [1.82, 2.24) is 14.8 Å². The van der Waals surface area contributed by atoms with Crippen molar-refractivity contribution in [2.45, 2.75) is 45.6 Å². The Kier molecular flexibility index (Phi) is 4.75. The zero-order valence-electron chi connectivity index (χ0n) is 15.9. The Balaban J connectivity index is 1.71. The van der Waals surface area contributed by atoms with E-state index in [0.29, 0.717) is 17.4 Å². The summed E-state index contributed by atoms with van der Waals surface area (Å²) in [6, 6.07) is 7.10. The molecule has 7 heteroatoms. The third-order valence-electron chi connectivity index (χ3n) is 4.52. The number of hydrogen-bond donors (Lipinski definition) is 0.